The van der Waals surface area contributed by atoms with Gasteiger partial charge in [0.15, 0.2) is 5.82 Å². The molecule has 0 aliphatic carbocycles. The zero-order chi connectivity index (χ0) is 13.9. The van der Waals surface area contributed by atoms with Gasteiger partial charge in [0.25, 0.3) is 0 Å². The molecule has 102 valence electrons. The number of nitrogens with two attached hydrogens (primary N) is 1. The molecule has 1 aromatic heterocycles. The molecule has 8 heteroatoms. The SMILES string of the molecule is CS(=O)(=O)CCCn1nnnc1-c1ccccc1N. The van der Waals surface area contributed by atoms with Crippen LogP contribution in [0.25, 0.3) is 11.4 Å². The van der Waals surface area contributed by atoms with E-state index in [1.807, 2.05) is 18.2 Å². The Morgan fingerprint density at radius 2 is 2.05 bits per heavy atom. The fraction of sp³-hybridized carbons (Fsp3) is 0.364. The molecule has 0 unspecified atom stereocenters. The van der Waals surface area contributed by atoms with E-state index in [0.717, 1.165) is 5.56 Å². The third-order valence-electron chi connectivity index (χ3n) is 2.62. The summed E-state index contributed by atoms with van der Waals surface area (Å²) < 4.78 is 23.7. The lowest BCUT2D eigenvalue weighted by Crippen LogP contribution is -2.10. The van der Waals surface area contributed by atoms with Gasteiger partial charge in [0, 0.05) is 24.1 Å². The van der Waals surface area contributed by atoms with E-state index < -0.39 is 9.84 Å². The molecule has 0 spiro atoms. The molecule has 0 fully saturated rings. The van der Waals surface area contributed by atoms with Crippen molar-refractivity contribution in [1.29, 1.82) is 0 Å². The van der Waals surface area contributed by atoms with Gasteiger partial charge in [-0.15, -0.1) is 5.10 Å². The largest absolute Gasteiger partial charge is 0.398 e. The summed E-state index contributed by atoms with van der Waals surface area (Å²) in [5.41, 5.74) is 7.20. The predicted octanol–water partition coefficient (Wildman–Crippen LogP) is 0.357. The minimum atomic E-state index is -2.97. The Labute approximate surface area is 111 Å². The Morgan fingerprint density at radius 1 is 1.32 bits per heavy atom. The van der Waals surface area contributed by atoms with Crippen LogP contribution >= 0.6 is 0 Å². The number of para-hydroxylation sites is 1. The minimum Gasteiger partial charge on any atom is -0.398 e. The van der Waals surface area contributed by atoms with E-state index in [1.165, 1.54) is 6.26 Å². The molecule has 7 nitrogen and oxygen atoms in total. The standard InChI is InChI=1S/C11H15N5O2S/c1-19(17,18)8-4-7-16-11(13-14-15-16)9-5-2-3-6-10(9)12/h2-3,5-6H,4,7-8,12H2,1H3. The summed E-state index contributed by atoms with van der Waals surface area (Å²) in [7, 11) is -2.97. The number of aromatic nitrogens is 4. The minimum absolute atomic E-state index is 0.108. The van der Waals surface area contributed by atoms with E-state index in [-0.39, 0.29) is 5.75 Å². The lowest BCUT2D eigenvalue weighted by Gasteiger charge is -2.06. The van der Waals surface area contributed by atoms with E-state index in [0.29, 0.717) is 24.5 Å². The van der Waals surface area contributed by atoms with Crippen molar-refractivity contribution in [3.8, 4) is 11.4 Å². The van der Waals surface area contributed by atoms with Gasteiger partial charge in [-0.1, -0.05) is 12.1 Å². The Hall–Kier alpha value is -1.96. The first-order valence-corrected chi connectivity index (χ1v) is 7.82. The van der Waals surface area contributed by atoms with Gasteiger partial charge >= 0.3 is 0 Å². The highest BCUT2D eigenvalue weighted by Gasteiger charge is 2.12. The summed E-state index contributed by atoms with van der Waals surface area (Å²) in [6.45, 7) is 0.434. The number of nitrogens with zero attached hydrogens (tertiary/aromatic N) is 4. The molecule has 0 atom stereocenters. The summed E-state index contributed by atoms with van der Waals surface area (Å²) in [6, 6.07) is 7.27. The first kappa shape index (κ1) is 13.5. The summed E-state index contributed by atoms with van der Waals surface area (Å²) >= 11 is 0. The van der Waals surface area contributed by atoms with Crippen molar-refractivity contribution in [2.45, 2.75) is 13.0 Å². The Kier molecular flexibility index (Phi) is 3.79. The normalized spacial score (nSPS) is 11.6. The van der Waals surface area contributed by atoms with Crippen LogP contribution < -0.4 is 5.73 Å². The molecule has 0 saturated heterocycles. The zero-order valence-electron chi connectivity index (χ0n) is 10.5. The van der Waals surface area contributed by atoms with Gasteiger partial charge in [-0.2, -0.15) is 0 Å². The van der Waals surface area contributed by atoms with Gasteiger partial charge < -0.3 is 5.73 Å². The number of hydrogen-bond donors (Lipinski definition) is 1. The number of tetrazole rings is 1. The molecule has 1 aromatic carbocycles. The number of rotatable bonds is 5. The summed E-state index contributed by atoms with van der Waals surface area (Å²) in [5, 5.41) is 11.4. The molecule has 0 radical (unpaired) electrons. The third-order valence-corrected chi connectivity index (χ3v) is 3.65. The molecule has 2 aromatic rings. The van der Waals surface area contributed by atoms with Gasteiger partial charge in [0.05, 0.1) is 5.75 Å². The molecule has 1 heterocycles. The monoisotopic (exact) mass is 281 g/mol. The van der Waals surface area contributed by atoms with Crippen molar-refractivity contribution >= 4 is 15.5 Å². The number of benzene rings is 1. The smallest absolute Gasteiger partial charge is 0.184 e. The molecule has 19 heavy (non-hydrogen) atoms. The van der Waals surface area contributed by atoms with Crippen LogP contribution in [0.15, 0.2) is 24.3 Å². The average molecular weight is 281 g/mol. The van der Waals surface area contributed by atoms with Gasteiger partial charge in [-0.3, -0.25) is 0 Å². The quantitative estimate of drug-likeness (QED) is 0.793. The second-order valence-electron chi connectivity index (χ2n) is 4.30. The first-order chi connectivity index (χ1) is 8.97. The zero-order valence-corrected chi connectivity index (χ0v) is 11.3. The van der Waals surface area contributed by atoms with Gasteiger partial charge in [0.2, 0.25) is 0 Å². The van der Waals surface area contributed by atoms with Crippen LogP contribution in [0.3, 0.4) is 0 Å². The first-order valence-electron chi connectivity index (χ1n) is 5.76. The van der Waals surface area contributed by atoms with Crippen molar-refractivity contribution < 1.29 is 8.42 Å². The van der Waals surface area contributed by atoms with Crippen LogP contribution in [0.4, 0.5) is 5.69 Å². The molecular formula is C11H15N5O2S. The predicted molar refractivity (Wildman–Crippen MR) is 72.0 cm³/mol. The highest BCUT2D eigenvalue weighted by atomic mass is 32.2. The van der Waals surface area contributed by atoms with E-state index in [4.69, 9.17) is 5.73 Å². The Bertz CT molecular complexity index is 665. The molecule has 2 rings (SSSR count). The summed E-state index contributed by atoms with van der Waals surface area (Å²) in [5.74, 6) is 0.655. The van der Waals surface area contributed by atoms with Crippen LogP contribution in [-0.2, 0) is 16.4 Å². The second kappa shape index (κ2) is 5.35. The Balaban J connectivity index is 2.17. The fourth-order valence-corrected chi connectivity index (χ4v) is 2.38. The maximum Gasteiger partial charge on any atom is 0.184 e. The molecular weight excluding hydrogens is 266 g/mol. The molecule has 0 amide bonds. The highest BCUT2D eigenvalue weighted by Crippen LogP contribution is 2.22. The van der Waals surface area contributed by atoms with Crippen LogP contribution in [0, 0.1) is 0 Å². The molecule has 2 N–H and O–H groups in total. The maximum atomic E-state index is 11.1. The van der Waals surface area contributed by atoms with Gasteiger partial charge in [0.1, 0.15) is 9.84 Å². The number of sulfone groups is 1. The van der Waals surface area contributed by atoms with E-state index >= 15 is 0 Å². The number of anilines is 1. The lowest BCUT2D eigenvalue weighted by atomic mass is 10.1. The second-order valence-corrected chi connectivity index (χ2v) is 6.56. The molecule has 0 aliphatic heterocycles. The van der Waals surface area contributed by atoms with E-state index in [2.05, 4.69) is 15.5 Å². The van der Waals surface area contributed by atoms with Gasteiger partial charge in [-0.25, -0.2) is 13.1 Å². The number of nitrogen functional groups attached to an aromatic ring is 1. The van der Waals surface area contributed by atoms with Crippen LogP contribution in [0.5, 0.6) is 0 Å². The van der Waals surface area contributed by atoms with Crippen molar-refractivity contribution in [2.75, 3.05) is 17.7 Å². The highest BCUT2D eigenvalue weighted by molar-refractivity contribution is 7.90. The average Bonchev–Trinajstić information content (AvgIpc) is 2.76. The lowest BCUT2D eigenvalue weighted by molar-refractivity contribution is 0.567. The Morgan fingerprint density at radius 3 is 2.74 bits per heavy atom. The summed E-state index contributed by atoms with van der Waals surface area (Å²) in [6.07, 6.45) is 1.67. The van der Waals surface area contributed by atoms with Gasteiger partial charge in [-0.05, 0) is 29.0 Å². The molecule has 0 bridgehead atoms. The van der Waals surface area contributed by atoms with Crippen molar-refractivity contribution in [1.82, 2.24) is 20.2 Å². The van der Waals surface area contributed by atoms with Crippen LogP contribution in [0.1, 0.15) is 6.42 Å². The van der Waals surface area contributed by atoms with Crippen molar-refractivity contribution in [3.63, 3.8) is 0 Å². The fourth-order valence-electron chi connectivity index (χ4n) is 1.73. The number of aryl methyl sites for hydroxylation is 1. The van der Waals surface area contributed by atoms with Crippen molar-refractivity contribution in [2.24, 2.45) is 0 Å². The topological polar surface area (TPSA) is 104 Å². The van der Waals surface area contributed by atoms with E-state index in [1.54, 1.807) is 10.7 Å². The maximum absolute atomic E-state index is 11.1. The summed E-state index contributed by atoms with van der Waals surface area (Å²) in [4.78, 5) is 0. The van der Waals surface area contributed by atoms with Crippen molar-refractivity contribution in [3.05, 3.63) is 24.3 Å². The van der Waals surface area contributed by atoms with E-state index in [9.17, 15) is 8.42 Å². The van der Waals surface area contributed by atoms with Crippen LogP contribution in [0.2, 0.25) is 0 Å². The third kappa shape index (κ3) is 3.50. The van der Waals surface area contributed by atoms with Crippen LogP contribution in [-0.4, -0.2) is 40.6 Å². The molecule has 0 saturated carbocycles. The number of hydrogen-bond acceptors (Lipinski definition) is 6. The molecule has 0 aliphatic rings.